The number of hydrogen-bond donors (Lipinski definition) is 3. The molecule has 0 fully saturated rings. The topological polar surface area (TPSA) is 75.3 Å². The fourth-order valence-electron chi connectivity index (χ4n) is 1.50. The molecule has 0 aliphatic heterocycles. The average molecular weight is 244 g/mol. The molecule has 0 aliphatic carbocycles. The maximum atomic E-state index is 11.7. The van der Waals surface area contributed by atoms with Crippen LogP contribution in [0.5, 0.6) is 0 Å². The second-order valence-corrected chi connectivity index (χ2v) is 7.01. The molecule has 2 atom stereocenters. The maximum Gasteiger partial charge on any atom is 0.237 e. The van der Waals surface area contributed by atoms with E-state index < -0.39 is 12.1 Å². The molecule has 0 saturated carbocycles. The number of nitrogens with one attached hydrogen (secondary N) is 1. The van der Waals surface area contributed by atoms with Crippen LogP contribution >= 0.6 is 0 Å². The lowest BCUT2D eigenvalue weighted by molar-refractivity contribution is -0.125. The van der Waals surface area contributed by atoms with Crippen LogP contribution in [0.15, 0.2) is 0 Å². The molecule has 0 spiro atoms. The zero-order valence-electron chi connectivity index (χ0n) is 12.0. The minimum atomic E-state index is -0.552. The normalized spacial score (nSPS) is 16.5. The minimum absolute atomic E-state index is 0.0519. The summed E-state index contributed by atoms with van der Waals surface area (Å²) in [5, 5.41) is 12.5. The zero-order chi connectivity index (χ0) is 13.9. The molecule has 4 N–H and O–H groups in total. The van der Waals surface area contributed by atoms with Crippen LogP contribution < -0.4 is 11.1 Å². The van der Waals surface area contributed by atoms with E-state index in [1.54, 1.807) is 0 Å². The Morgan fingerprint density at radius 2 is 1.71 bits per heavy atom. The molecule has 0 aromatic rings. The number of aliphatic hydroxyl groups excluding tert-OH is 1. The third kappa shape index (κ3) is 7.34. The minimum Gasteiger partial charge on any atom is -0.391 e. The highest BCUT2D eigenvalue weighted by Crippen LogP contribution is 2.20. The largest absolute Gasteiger partial charge is 0.391 e. The van der Waals surface area contributed by atoms with Crippen molar-refractivity contribution in [2.24, 2.45) is 16.6 Å². The van der Waals surface area contributed by atoms with Crippen molar-refractivity contribution < 1.29 is 9.90 Å². The number of carbonyl (C=O) groups excluding carboxylic acids is 1. The summed E-state index contributed by atoms with van der Waals surface area (Å²) in [5.74, 6) is -0.203. The number of nitrogens with two attached hydrogens (primary N) is 1. The molecule has 0 heterocycles. The van der Waals surface area contributed by atoms with Crippen molar-refractivity contribution >= 4 is 5.91 Å². The number of hydrogen-bond acceptors (Lipinski definition) is 3. The Balaban J connectivity index is 4.09. The number of carbonyl (C=O) groups is 1. The Hall–Kier alpha value is -0.610. The number of aliphatic hydroxyl groups is 1. The van der Waals surface area contributed by atoms with Crippen molar-refractivity contribution in [2.45, 2.75) is 60.1 Å². The van der Waals surface area contributed by atoms with E-state index in [2.05, 4.69) is 26.1 Å². The average Bonchev–Trinajstić information content (AvgIpc) is 2.08. The number of amides is 1. The van der Waals surface area contributed by atoms with E-state index in [9.17, 15) is 9.90 Å². The Labute approximate surface area is 105 Å². The summed E-state index contributed by atoms with van der Waals surface area (Å²) in [5.41, 5.74) is 5.60. The van der Waals surface area contributed by atoms with Crippen LogP contribution in [0.3, 0.4) is 0 Å². The third-order valence-electron chi connectivity index (χ3n) is 2.58. The Bertz CT molecular complexity index is 251. The van der Waals surface area contributed by atoms with Crippen LogP contribution in [0.4, 0.5) is 0 Å². The molecule has 2 unspecified atom stereocenters. The van der Waals surface area contributed by atoms with E-state index in [1.165, 1.54) is 0 Å². The fourth-order valence-corrected chi connectivity index (χ4v) is 1.50. The summed E-state index contributed by atoms with van der Waals surface area (Å²) >= 11 is 0. The second-order valence-electron chi connectivity index (χ2n) is 7.01. The van der Waals surface area contributed by atoms with Gasteiger partial charge in [-0.15, -0.1) is 0 Å². The van der Waals surface area contributed by atoms with E-state index in [1.807, 2.05) is 20.8 Å². The quantitative estimate of drug-likeness (QED) is 0.697. The van der Waals surface area contributed by atoms with Crippen LogP contribution in [0.2, 0.25) is 0 Å². The molecule has 1 amide bonds. The summed E-state index contributed by atoms with van der Waals surface area (Å²) in [4.78, 5) is 11.7. The summed E-state index contributed by atoms with van der Waals surface area (Å²) in [7, 11) is 0. The lowest BCUT2D eigenvalue weighted by Crippen LogP contribution is -2.50. The van der Waals surface area contributed by atoms with E-state index >= 15 is 0 Å². The zero-order valence-corrected chi connectivity index (χ0v) is 12.0. The van der Waals surface area contributed by atoms with Gasteiger partial charge in [0.15, 0.2) is 0 Å². The molecule has 0 rings (SSSR count). The van der Waals surface area contributed by atoms with Crippen LogP contribution in [0.1, 0.15) is 48.0 Å². The molecule has 102 valence electrons. The molecular weight excluding hydrogens is 216 g/mol. The Morgan fingerprint density at radius 1 is 1.24 bits per heavy atom. The van der Waals surface area contributed by atoms with Crippen molar-refractivity contribution in [3.05, 3.63) is 0 Å². The van der Waals surface area contributed by atoms with Crippen LogP contribution in [0, 0.1) is 10.8 Å². The van der Waals surface area contributed by atoms with E-state index in [4.69, 9.17) is 5.73 Å². The molecular formula is C13H28N2O2. The molecule has 0 aromatic carbocycles. The molecule has 0 radical (unpaired) electrons. The van der Waals surface area contributed by atoms with Gasteiger partial charge in [0, 0.05) is 6.54 Å². The summed E-state index contributed by atoms with van der Waals surface area (Å²) in [6.07, 6.45) is 0.129. The first kappa shape index (κ1) is 16.4. The molecule has 4 heteroatoms. The Morgan fingerprint density at radius 3 is 2.06 bits per heavy atom. The molecule has 0 aliphatic rings. The van der Waals surface area contributed by atoms with Gasteiger partial charge < -0.3 is 16.2 Å². The predicted molar refractivity (Wildman–Crippen MR) is 70.5 cm³/mol. The summed E-state index contributed by atoms with van der Waals surface area (Å²) in [6, 6.07) is -0.552. The number of rotatable bonds is 4. The van der Waals surface area contributed by atoms with Gasteiger partial charge in [0.2, 0.25) is 5.91 Å². The molecule has 0 bridgehead atoms. The van der Waals surface area contributed by atoms with E-state index in [-0.39, 0.29) is 23.3 Å². The highest BCUT2D eigenvalue weighted by atomic mass is 16.3. The highest BCUT2D eigenvalue weighted by molar-refractivity contribution is 5.82. The maximum absolute atomic E-state index is 11.7. The second kappa shape index (κ2) is 5.83. The Kier molecular flexibility index (Phi) is 5.62. The van der Waals surface area contributed by atoms with Gasteiger partial charge in [-0.05, 0) is 17.3 Å². The van der Waals surface area contributed by atoms with Crippen molar-refractivity contribution in [1.29, 1.82) is 0 Å². The molecule has 17 heavy (non-hydrogen) atoms. The molecule has 4 nitrogen and oxygen atoms in total. The van der Waals surface area contributed by atoms with Crippen LogP contribution in [-0.4, -0.2) is 29.7 Å². The van der Waals surface area contributed by atoms with Gasteiger partial charge >= 0.3 is 0 Å². The summed E-state index contributed by atoms with van der Waals surface area (Å²) in [6.45, 7) is 12.2. The molecule has 0 aromatic heterocycles. The van der Waals surface area contributed by atoms with E-state index in [0.29, 0.717) is 6.42 Å². The van der Waals surface area contributed by atoms with Crippen molar-refractivity contribution in [1.82, 2.24) is 5.32 Å². The van der Waals surface area contributed by atoms with Gasteiger partial charge in [0.25, 0.3) is 0 Å². The van der Waals surface area contributed by atoms with Crippen LogP contribution in [0.25, 0.3) is 0 Å². The van der Waals surface area contributed by atoms with Gasteiger partial charge in [-0.3, -0.25) is 4.79 Å². The molecule has 0 saturated heterocycles. The van der Waals surface area contributed by atoms with Crippen molar-refractivity contribution in [3.8, 4) is 0 Å². The summed E-state index contributed by atoms with van der Waals surface area (Å²) < 4.78 is 0. The van der Waals surface area contributed by atoms with Gasteiger partial charge in [-0.1, -0.05) is 41.5 Å². The first-order chi connectivity index (χ1) is 7.43. The monoisotopic (exact) mass is 244 g/mol. The standard InChI is InChI=1S/C13H28N2O2/c1-12(2,3)7-9(16)8-15-11(17)10(14)13(4,5)6/h9-10,16H,7-8,14H2,1-6H3,(H,15,17). The lowest BCUT2D eigenvalue weighted by Gasteiger charge is -2.27. The first-order valence-electron chi connectivity index (χ1n) is 6.15. The van der Waals surface area contributed by atoms with Gasteiger partial charge in [-0.25, -0.2) is 0 Å². The highest BCUT2D eigenvalue weighted by Gasteiger charge is 2.27. The van der Waals surface area contributed by atoms with Crippen LogP contribution in [-0.2, 0) is 4.79 Å². The fraction of sp³-hybridized carbons (Fsp3) is 0.923. The predicted octanol–water partition coefficient (Wildman–Crippen LogP) is 1.27. The van der Waals surface area contributed by atoms with Gasteiger partial charge in [0.05, 0.1) is 12.1 Å². The lowest BCUT2D eigenvalue weighted by atomic mass is 9.86. The third-order valence-corrected chi connectivity index (χ3v) is 2.58. The van der Waals surface area contributed by atoms with Gasteiger partial charge in [0.1, 0.15) is 0 Å². The SMILES string of the molecule is CC(C)(C)CC(O)CNC(=O)C(N)C(C)(C)C. The van der Waals surface area contributed by atoms with Crippen molar-refractivity contribution in [2.75, 3.05) is 6.54 Å². The smallest absolute Gasteiger partial charge is 0.237 e. The van der Waals surface area contributed by atoms with Gasteiger partial charge in [-0.2, -0.15) is 0 Å². The first-order valence-corrected chi connectivity index (χ1v) is 6.15. The van der Waals surface area contributed by atoms with E-state index in [0.717, 1.165) is 0 Å². The van der Waals surface area contributed by atoms with Crippen molar-refractivity contribution in [3.63, 3.8) is 0 Å².